The van der Waals surface area contributed by atoms with E-state index >= 15 is 0 Å². The molecular weight excluding hydrogens is 333 g/mol. The number of alkyl halides is 3. The van der Waals surface area contributed by atoms with Gasteiger partial charge in [-0.15, -0.1) is 0 Å². The number of ether oxygens (including phenoxy) is 1. The zero-order valence-electron chi connectivity index (χ0n) is 13.9. The maximum absolute atomic E-state index is 12.5. The topological polar surface area (TPSA) is 50.4 Å². The summed E-state index contributed by atoms with van der Waals surface area (Å²) < 4.78 is 42.9. The highest BCUT2D eigenvalue weighted by Gasteiger charge is 2.30. The molecule has 2 N–H and O–H groups in total. The van der Waals surface area contributed by atoms with Crippen molar-refractivity contribution in [2.24, 2.45) is 0 Å². The third-order valence-corrected chi connectivity index (χ3v) is 3.42. The first kappa shape index (κ1) is 18.6. The first-order valence-electron chi connectivity index (χ1n) is 7.77. The van der Waals surface area contributed by atoms with Crippen LogP contribution in [0.25, 0.3) is 0 Å². The fourth-order valence-electron chi connectivity index (χ4n) is 2.12. The average molecular weight is 352 g/mol. The van der Waals surface area contributed by atoms with Gasteiger partial charge in [-0.1, -0.05) is 0 Å². The van der Waals surface area contributed by atoms with Gasteiger partial charge in [0.15, 0.2) is 0 Å². The Bertz CT molecular complexity index is 698. The van der Waals surface area contributed by atoms with Crippen LogP contribution in [0.3, 0.4) is 0 Å². The SMILES string of the molecule is CCOc1ccc(N[C@H](C)C(=O)Nc2ccc(C(F)(F)F)cc2)cc1. The second kappa shape index (κ2) is 7.92. The van der Waals surface area contributed by atoms with E-state index in [4.69, 9.17) is 4.74 Å². The number of rotatable bonds is 6. The van der Waals surface area contributed by atoms with Crippen LogP contribution in [0.15, 0.2) is 48.5 Å². The van der Waals surface area contributed by atoms with Crippen molar-refractivity contribution in [1.82, 2.24) is 0 Å². The molecule has 0 heterocycles. The summed E-state index contributed by atoms with van der Waals surface area (Å²) in [4.78, 5) is 12.1. The predicted molar refractivity (Wildman–Crippen MR) is 90.8 cm³/mol. The zero-order chi connectivity index (χ0) is 18.4. The predicted octanol–water partition coefficient (Wildman–Crippen LogP) is 4.54. The van der Waals surface area contributed by atoms with Gasteiger partial charge in [0.2, 0.25) is 5.91 Å². The number of halogens is 3. The number of nitrogens with one attached hydrogen (secondary N) is 2. The lowest BCUT2D eigenvalue weighted by Gasteiger charge is -2.16. The van der Waals surface area contributed by atoms with Crippen molar-refractivity contribution in [1.29, 1.82) is 0 Å². The van der Waals surface area contributed by atoms with Crippen molar-refractivity contribution in [3.63, 3.8) is 0 Å². The summed E-state index contributed by atoms with van der Waals surface area (Å²) in [5.74, 6) is 0.378. The van der Waals surface area contributed by atoms with Crippen LogP contribution < -0.4 is 15.4 Å². The fraction of sp³-hybridized carbons (Fsp3) is 0.278. The van der Waals surface area contributed by atoms with Crippen molar-refractivity contribution >= 4 is 17.3 Å². The molecule has 1 atom stereocenters. The summed E-state index contributed by atoms with van der Waals surface area (Å²) in [6.45, 7) is 4.12. The second-order valence-corrected chi connectivity index (χ2v) is 5.39. The molecule has 2 aromatic carbocycles. The molecule has 0 aromatic heterocycles. The Kier molecular flexibility index (Phi) is 5.90. The third kappa shape index (κ3) is 5.41. The van der Waals surface area contributed by atoms with Gasteiger partial charge in [-0.3, -0.25) is 4.79 Å². The highest BCUT2D eigenvalue weighted by molar-refractivity contribution is 5.96. The maximum atomic E-state index is 12.5. The van der Waals surface area contributed by atoms with Gasteiger partial charge < -0.3 is 15.4 Å². The van der Waals surface area contributed by atoms with Gasteiger partial charge in [-0.25, -0.2) is 0 Å². The molecule has 0 aliphatic rings. The number of carbonyl (C=O) groups is 1. The van der Waals surface area contributed by atoms with E-state index in [0.29, 0.717) is 12.3 Å². The minimum Gasteiger partial charge on any atom is -0.494 e. The highest BCUT2D eigenvalue weighted by Crippen LogP contribution is 2.29. The minimum atomic E-state index is -4.40. The quantitative estimate of drug-likeness (QED) is 0.802. The minimum absolute atomic E-state index is 0.304. The lowest BCUT2D eigenvalue weighted by molar-refractivity contribution is -0.137. The molecule has 134 valence electrons. The molecule has 25 heavy (non-hydrogen) atoms. The molecule has 0 radical (unpaired) electrons. The van der Waals surface area contributed by atoms with Gasteiger partial charge in [0, 0.05) is 11.4 Å². The third-order valence-electron chi connectivity index (χ3n) is 3.42. The molecule has 0 unspecified atom stereocenters. The van der Waals surface area contributed by atoms with Crippen LogP contribution in [0.2, 0.25) is 0 Å². The van der Waals surface area contributed by atoms with Crippen LogP contribution in [0, 0.1) is 0 Å². The van der Waals surface area contributed by atoms with Crippen molar-refractivity contribution in [3.8, 4) is 5.75 Å². The standard InChI is InChI=1S/C18H19F3N2O2/c1-3-25-16-10-8-14(9-11-16)22-12(2)17(24)23-15-6-4-13(5-7-15)18(19,20)21/h4-12,22H,3H2,1-2H3,(H,23,24)/t12-/m1/s1. The summed E-state index contributed by atoms with van der Waals surface area (Å²) in [7, 11) is 0. The largest absolute Gasteiger partial charge is 0.494 e. The first-order chi connectivity index (χ1) is 11.8. The zero-order valence-corrected chi connectivity index (χ0v) is 13.9. The van der Waals surface area contributed by atoms with Crippen LogP contribution in [0.4, 0.5) is 24.5 Å². The molecule has 2 rings (SSSR count). The Labute approximate surface area is 144 Å². The lowest BCUT2D eigenvalue weighted by atomic mass is 10.2. The monoisotopic (exact) mass is 352 g/mol. The number of hydrogen-bond donors (Lipinski definition) is 2. The molecule has 7 heteroatoms. The molecule has 2 aromatic rings. The Morgan fingerprint density at radius 1 is 1.04 bits per heavy atom. The highest BCUT2D eigenvalue weighted by atomic mass is 19.4. The molecule has 1 amide bonds. The molecule has 0 bridgehead atoms. The molecule has 0 fully saturated rings. The van der Waals surface area contributed by atoms with Gasteiger partial charge >= 0.3 is 6.18 Å². The smallest absolute Gasteiger partial charge is 0.416 e. The van der Waals surface area contributed by atoms with Gasteiger partial charge in [0.05, 0.1) is 12.2 Å². The summed E-state index contributed by atoms with van der Waals surface area (Å²) in [6.07, 6.45) is -4.40. The van der Waals surface area contributed by atoms with E-state index in [1.165, 1.54) is 12.1 Å². The molecule has 0 saturated carbocycles. The van der Waals surface area contributed by atoms with E-state index in [9.17, 15) is 18.0 Å². The molecular formula is C18H19F3N2O2. The van der Waals surface area contributed by atoms with Gasteiger partial charge in [-0.05, 0) is 62.4 Å². The Morgan fingerprint density at radius 2 is 1.60 bits per heavy atom. The normalized spacial score (nSPS) is 12.4. The summed E-state index contributed by atoms with van der Waals surface area (Å²) in [5.41, 5.74) is 0.280. The summed E-state index contributed by atoms with van der Waals surface area (Å²) in [5, 5.41) is 5.60. The average Bonchev–Trinajstić information content (AvgIpc) is 2.56. The Balaban J connectivity index is 1.93. The Hall–Kier alpha value is -2.70. The summed E-state index contributed by atoms with van der Waals surface area (Å²) in [6, 6.07) is 10.9. The van der Waals surface area contributed by atoms with E-state index < -0.39 is 17.8 Å². The number of hydrogen-bond acceptors (Lipinski definition) is 3. The van der Waals surface area contributed by atoms with E-state index in [1.807, 2.05) is 6.92 Å². The van der Waals surface area contributed by atoms with E-state index in [0.717, 1.165) is 23.6 Å². The van der Waals surface area contributed by atoms with Gasteiger partial charge in [0.25, 0.3) is 0 Å². The van der Waals surface area contributed by atoms with Crippen LogP contribution >= 0.6 is 0 Å². The van der Waals surface area contributed by atoms with Crippen molar-refractivity contribution in [3.05, 3.63) is 54.1 Å². The van der Waals surface area contributed by atoms with Crippen molar-refractivity contribution < 1.29 is 22.7 Å². The van der Waals surface area contributed by atoms with E-state index in [2.05, 4.69) is 10.6 Å². The van der Waals surface area contributed by atoms with E-state index in [-0.39, 0.29) is 5.91 Å². The first-order valence-corrected chi connectivity index (χ1v) is 7.77. The van der Waals surface area contributed by atoms with E-state index in [1.54, 1.807) is 31.2 Å². The molecule has 0 spiro atoms. The number of anilines is 2. The summed E-state index contributed by atoms with van der Waals surface area (Å²) >= 11 is 0. The van der Waals surface area contributed by atoms with Crippen molar-refractivity contribution in [2.75, 3.05) is 17.2 Å². The van der Waals surface area contributed by atoms with Crippen LogP contribution in [-0.2, 0) is 11.0 Å². The number of carbonyl (C=O) groups excluding carboxylic acids is 1. The molecule has 0 aliphatic heterocycles. The maximum Gasteiger partial charge on any atom is 0.416 e. The van der Waals surface area contributed by atoms with Gasteiger partial charge in [-0.2, -0.15) is 13.2 Å². The number of benzene rings is 2. The lowest BCUT2D eigenvalue weighted by Crippen LogP contribution is -2.31. The molecule has 0 saturated heterocycles. The second-order valence-electron chi connectivity index (χ2n) is 5.39. The van der Waals surface area contributed by atoms with Gasteiger partial charge in [0.1, 0.15) is 11.8 Å². The van der Waals surface area contributed by atoms with Crippen molar-refractivity contribution in [2.45, 2.75) is 26.1 Å². The molecule has 0 aliphatic carbocycles. The Morgan fingerprint density at radius 3 is 2.12 bits per heavy atom. The molecule has 4 nitrogen and oxygen atoms in total. The number of amides is 1. The van der Waals surface area contributed by atoms with Crippen LogP contribution in [0.1, 0.15) is 19.4 Å². The fourth-order valence-corrected chi connectivity index (χ4v) is 2.12. The van der Waals surface area contributed by atoms with Crippen LogP contribution in [-0.4, -0.2) is 18.6 Å². The van der Waals surface area contributed by atoms with Crippen LogP contribution in [0.5, 0.6) is 5.75 Å².